The molecular weight excluding hydrogens is 765 g/mol. The molecule has 0 aliphatic heterocycles. The van der Waals surface area contributed by atoms with Crippen molar-refractivity contribution in [2.75, 3.05) is 13.1 Å². The van der Waals surface area contributed by atoms with E-state index in [4.69, 9.17) is 0 Å². The predicted molar refractivity (Wildman–Crippen MR) is 226 cm³/mol. The van der Waals surface area contributed by atoms with Crippen LogP contribution in [0.3, 0.4) is 0 Å². The summed E-state index contributed by atoms with van der Waals surface area (Å²) in [5.41, 5.74) is 6.11. The number of aromatic nitrogens is 6. The van der Waals surface area contributed by atoms with Crippen molar-refractivity contribution in [1.82, 2.24) is 51.3 Å². The lowest BCUT2D eigenvalue weighted by Crippen LogP contribution is -2.40. The van der Waals surface area contributed by atoms with Crippen molar-refractivity contribution in [3.63, 3.8) is 0 Å². The van der Waals surface area contributed by atoms with E-state index < -0.39 is 23.6 Å². The zero-order chi connectivity index (χ0) is 42.4. The van der Waals surface area contributed by atoms with Crippen molar-refractivity contribution in [2.24, 2.45) is 0 Å². The second kappa shape index (κ2) is 20.7. The van der Waals surface area contributed by atoms with Gasteiger partial charge in [0.25, 0.3) is 0 Å². The predicted octanol–water partition coefficient (Wildman–Crippen LogP) is 5.25. The number of phenols is 2. The summed E-state index contributed by atoms with van der Waals surface area (Å²) >= 11 is 0. The van der Waals surface area contributed by atoms with Crippen LogP contribution in [0.15, 0.2) is 72.8 Å². The molecule has 0 unspecified atom stereocenters. The molecule has 60 heavy (non-hydrogen) atoms. The number of fused-ring (bicyclic) bond motifs is 2. The number of nitrogens with zero attached hydrogens (tertiary/aromatic N) is 6. The Balaban J connectivity index is 0.766. The number of benzene rings is 4. The number of hydrogen-bond donors (Lipinski definition) is 6. The fourth-order valence-electron chi connectivity index (χ4n) is 6.92. The first-order chi connectivity index (χ1) is 29.1. The summed E-state index contributed by atoms with van der Waals surface area (Å²) in [6.07, 6.45) is 9.90. The average molecular weight is 817 g/mol. The van der Waals surface area contributed by atoms with Gasteiger partial charge in [-0.2, -0.15) is 0 Å². The molecule has 6 N–H and O–H groups in total. The van der Waals surface area contributed by atoms with Gasteiger partial charge in [-0.15, -0.1) is 30.0 Å². The van der Waals surface area contributed by atoms with Gasteiger partial charge in [0.05, 0.1) is 0 Å². The molecule has 4 amide bonds. The summed E-state index contributed by atoms with van der Waals surface area (Å²) < 4.78 is 0. The minimum atomic E-state index is -0.766. The van der Waals surface area contributed by atoms with Crippen LogP contribution in [0, 0.1) is 13.8 Å². The largest absolute Gasteiger partial charge is 0.505 e. The molecule has 6 aromatic rings. The van der Waals surface area contributed by atoms with E-state index >= 15 is 0 Å². The summed E-state index contributed by atoms with van der Waals surface area (Å²) in [5, 5.41) is 50.1. The Morgan fingerprint density at radius 1 is 0.467 bits per heavy atom. The second-order valence-electron chi connectivity index (χ2n) is 15.0. The van der Waals surface area contributed by atoms with Gasteiger partial charge in [-0.3, -0.25) is 19.2 Å². The summed E-state index contributed by atoms with van der Waals surface area (Å²) in [5.74, 6) is -3.09. The molecule has 0 saturated heterocycles. The number of nitrogens with one attached hydrogen (secondary N) is 4. The van der Waals surface area contributed by atoms with Gasteiger partial charge in [0.1, 0.15) is 44.9 Å². The van der Waals surface area contributed by atoms with Crippen LogP contribution in [0.2, 0.25) is 0 Å². The van der Waals surface area contributed by atoms with Crippen LogP contribution in [0.25, 0.3) is 33.4 Å². The van der Waals surface area contributed by atoms with Gasteiger partial charge in [-0.05, 0) is 74.2 Å². The standard InChI is InChI=1S/C44H52N10O6/c1-29-23-31(39(55)37(25-29)53-49-33-17-11-12-18-34(33)50-53)27-47-43(59)41(57)45-21-15-9-7-5-3-4-6-8-10-16-22-46-42(58)44(60)48-28-32-24-30(2)26-38(40(32)56)54-51-35-19-13-14-20-36(35)52-54/h11-14,17-20,23-26,55-56H,3-10,15-16,21-22,27-28H2,1-2H3,(H,45,57)(H,46,58)(H,47,59)(H,48,60). The van der Waals surface area contributed by atoms with E-state index in [0.29, 0.717) is 57.7 Å². The molecule has 0 atom stereocenters. The number of aromatic hydroxyl groups is 2. The fourth-order valence-corrected chi connectivity index (χ4v) is 6.92. The minimum absolute atomic E-state index is 0.0293. The maximum Gasteiger partial charge on any atom is 0.309 e. The maximum atomic E-state index is 12.5. The quantitative estimate of drug-likeness (QED) is 0.0461. The first-order valence-corrected chi connectivity index (χ1v) is 20.5. The van der Waals surface area contributed by atoms with E-state index in [1.54, 1.807) is 24.3 Å². The highest BCUT2D eigenvalue weighted by atomic mass is 16.3. The zero-order valence-electron chi connectivity index (χ0n) is 34.0. The monoisotopic (exact) mass is 816 g/mol. The molecule has 314 valence electrons. The number of aryl methyl sites for hydroxylation is 2. The lowest BCUT2D eigenvalue weighted by molar-refractivity contribution is -0.139. The van der Waals surface area contributed by atoms with Crippen molar-refractivity contribution >= 4 is 45.7 Å². The summed E-state index contributed by atoms with van der Waals surface area (Å²) in [6, 6.07) is 21.8. The van der Waals surface area contributed by atoms with Crippen molar-refractivity contribution in [1.29, 1.82) is 0 Å². The first kappa shape index (κ1) is 42.8. The Bertz CT molecular complexity index is 2220. The molecule has 6 rings (SSSR count). The van der Waals surface area contributed by atoms with Gasteiger partial charge in [0.2, 0.25) is 0 Å². The third kappa shape index (κ3) is 11.4. The molecule has 0 saturated carbocycles. The second-order valence-corrected chi connectivity index (χ2v) is 15.0. The number of phenolic OH excluding ortho intramolecular Hbond substituents is 2. The Kier molecular flexibility index (Phi) is 14.8. The number of unbranched alkanes of at least 4 members (excludes halogenated alkanes) is 9. The van der Waals surface area contributed by atoms with Crippen LogP contribution in [0.4, 0.5) is 0 Å². The van der Waals surface area contributed by atoms with Gasteiger partial charge in [0, 0.05) is 37.3 Å². The topological polar surface area (TPSA) is 218 Å². The van der Waals surface area contributed by atoms with Crippen molar-refractivity contribution < 1.29 is 29.4 Å². The van der Waals surface area contributed by atoms with E-state index in [0.717, 1.165) is 75.3 Å². The Hall–Kier alpha value is -6.84. The fraction of sp³-hybridized carbons (Fsp3) is 0.364. The average Bonchev–Trinajstić information content (AvgIpc) is 3.88. The molecule has 0 bridgehead atoms. The van der Waals surface area contributed by atoms with Crippen LogP contribution in [-0.2, 0) is 32.3 Å². The first-order valence-electron chi connectivity index (χ1n) is 20.5. The minimum Gasteiger partial charge on any atom is -0.505 e. The van der Waals surface area contributed by atoms with Gasteiger partial charge < -0.3 is 31.5 Å². The van der Waals surface area contributed by atoms with Crippen LogP contribution >= 0.6 is 0 Å². The van der Waals surface area contributed by atoms with Crippen molar-refractivity contribution in [2.45, 2.75) is 91.1 Å². The molecule has 0 fully saturated rings. The molecular formula is C44H52N10O6. The number of amides is 4. The molecule has 0 aliphatic rings. The van der Waals surface area contributed by atoms with E-state index in [9.17, 15) is 29.4 Å². The van der Waals surface area contributed by atoms with E-state index in [2.05, 4.69) is 41.7 Å². The number of carbonyl (C=O) groups excluding carboxylic acids is 4. The summed E-state index contributed by atoms with van der Waals surface area (Å²) in [7, 11) is 0. The molecule has 0 spiro atoms. The SMILES string of the molecule is Cc1cc(CNC(=O)C(=O)NCCCCCCCCCCCCNC(=O)C(=O)NCc2cc(C)cc(-n3nc4ccccc4n3)c2O)c(O)c(-n2nc3ccccc3n2)c1. The highest BCUT2D eigenvalue weighted by molar-refractivity contribution is 6.35. The van der Waals surface area contributed by atoms with Gasteiger partial charge >= 0.3 is 23.6 Å². The van der Waals surface area contributed by atoms with Crippen LogP contribution in [-0.4, -0.2) is 76.9 Å². The normalized spacial score (nSPS) is 11.2. The van der Waals surface area contributed by atoms with Gasteiger partial charge in [0.15, 0.2) is 0 Å². The maximum absolute atomic E-state index is 12.5. The third-order valence-electron chi connectivity index (χ3n) is 10.1. The number of rotatable bonds is 19. The highest BCUT2D eigenvalue weighted by Gasteiger charge is 2.19. The van der Waals surface area contributed by atoms with Gasteiger partial charge in [-0.25, -0.2) is 0 Å². The molecule has 16 heteroatoms. The van der Waals surface area contributed by atoms with E-state index in [1.807, 2.05) is 62.4 Å². The Labute approximate surface area is 347 Å². The van der Waals surface area contributed by atoms with E-state index in [-0.39, 0.29) is 24.6 Å². The van der Waals surface area contributed by atoms with Crippen LogP contribution in [0.1, 0.15) is 86.5 Å². The lowest BCUT2D eigenvalue weighted by atomic mass is 10.1. The van der Waals surface area contributed by atoms with Crippen LogP contribution in [0.5, 0.6) is 11.5 Å². The smallest absolute Gasteiger partial charge is 0.309 e. The molecule has 4 aromatic carbocycles. The summed E-state index contributed by atoms with van der Waals surface area (Å²) in [4.78, 5) is 52.4. The summed E-state index contributed by atoms with van der Waals surface area (Å²) in [6.45, 7) is 4.48. The van der Waals surface area contributed by atoms with E-state index in [1.165, 1.54) is 9.59 Å². The molecule has 16 nitrogen and oxygen atoms in total. The Morgan fingerprint density at radius 3 is 1.10 bits per heavy atom. The highest BCUT2D eigenvalue weighted by Crippen LogP contribution is 2.29. The van der Waals surface area contributed by atoms with Crippen LogP contribution < -0.4 is 21.3 Å². The molecule has 2 heterocycles. The van der Waals surface area contributed by atoms with Gasteiger partial charge in [-0.1, -0.05) is 87.8 Å². The van der Waals surface area contributed by atoms with Crippen molar-refractivity contribution in [3.8, 4) is 22.9 Å². The number of carbonyl (C=O) groups is 4. The third-order valence-corrected chi connectivity index (χ3v) is 10.1. The lowest BCUT2D eigenvalue weighted by Gasteiger charge is -2.12. The molecule has 0 radical (unpaired) electrons. The number of hydrogen-bond acceptors (Lipinski definition) is 10. The Morgan fingerprint density at radius 2 is 0.767 bits per heavy atom. The molecule has 2 aromatic heterocycles. The van der Waals surface area contributed by atoms with Crippen molar-refractivity contribution in [3.05, 3.63) is 95.1 Å². The zero-order valence-corrected chi connectivity index (χ0v) is 34.0. The molecule has 0 aliphatic carbocycles.